The van der Waals surface area contributed by atoms with E-state index in [0.29, 0.717) is 0 Å². The van der Waals surface area contributed by atoms with Gasteiger partial charge >= 0.3 is 0 Å². The van der Waals surface area contributed by atoms with E-state index in [2.05, 4.69) is 45.3 Å². The van der Waals surface area contributed by atoms with Crippen LogP contribution < -0.4 is 0 Å². The van der Waals surface area contributed by atoms with E-state index in [4.69, 9.17) is 0 Å². The molecule has 3 rings (SSSR count). The summed E-state index contributed by atoms with van der Waals surface area (Å²) < 4.78 is 0. The molecule has 0 saturated carbocycles. The van der Waals surface area contributed by atoms with E-state index in [1.54, 1.807) is 6.20 Å². The third kappa shape index (κ3) is 2.99. The van der Waals surface area contributed by atoms with Gasteiger partial charge in [-0.25, -0.2) is 9.97 Å². The molecule has 0 amide bonds. The second-order valence-electron chi connectivity index (χ2n) is 5.11. The molecule has 21 heavy (non-hydrogen) atoms. The van der Waals surface area contributed by atoms with E-state index in [9.17, 15) is 0 Å². The largest absolute Gasteiger partial charge is 0.278 e. The lowest BCUT2D eigenvalue weighted by Gasteiger charge is -2.07. The number of benzene rings is 1. The fourth-order valence-electron chi connectivity index (χ4n) is 2.38. The van der Waals surface area contributed by atoms with Gasteiger partial charge in [0.15, 0.2) is 0 Å². The number of aryl methyl sites for hydroxylation is 2. The van der Waals surface area contributed by atoms with Crippen molar-refractivity contribution >= 4 is 0 Å². The van der Waals surface area contributed by atoms with Gasteiger partial charge in [0.2, 0.25) is 0 Å². The van der Waals surface area contributed by atoms with Crippen molar-refractivity contribution in [3.05, 3.63) is 54.1 Å². The smallest absolute Gasteiger partial charge is 0.129 e. The van der Waals surface area contributed by atoms with Crippen LogP contribution in [-0.4, -0.2) is 20.2 Å². The molecule has 3 aromatic rings. The van der Waals surface area contributed by atoms with E-state index >= 15 is 0 Å². The maximum absolute atomic E-state index is 4.68. The van der Waals surface area contributed by atoms with Crippen LogP contribution >= 0.6 is 0 Å². The third-order valence-electron chi connectivity index (χ3n) is 3.34. The van der Waals surface area contributed by atoms with Gasteiger partial charge in [-0.3, -0.25) is 5.10 Å². The molecule has 0 saturated heterocycles. The fraction of sp³-hybridized carbons (Fsp3) is 0.235. The Hall–Kier alpha value is -2.49. The van der Waals surface area contributed by atoms with Gasteiger partial charge < -0.3 is 0 Å². The lowest BCUT2D eigenvalue weighted by Crippen LogP contribution is -1.98. The molecule has 4 heteroatoms. The molecule has 0 aliphatic carbocycles. The molecule has 2 aromatic heterocycles. The van der Waals surface area contributed by atoms with Gasteiger partial charge in [0.1, 0.15) is 5.82 Å². The van der Waals surface area contributed by atoms with Crippen molar-refractivity contribution in [3.63, 3.8) is 0 Å². The Morgan fingerprint density at radius 3 is 2.67 bits per heavy atom. The first-order valence-corrected chi connectivity index (χ1v) is 7.21. The summed E-state index contributed by atoms with van der Waals surface area (Å²) in [7, 11) is 0. The number of aromatic nitrogens is 4. The molecule has 0 bridgehead atoms. The van der Waals surface area contributed by atoms with Crippen molar-refractivity contribution in [3.8, 4) is 22.5 Å². The van der Waals surface area contributed by atoms with Crippen LogP contribution in [0.3, 0.4) is 0 Å². The van der Waals surface area contributed by atoms with Crippen LogP contribution in [0.5, 0.6) is 0 Å². The zero-order chi connectivity index (χ0) is 14.7. The van der Waals surface area contributed by atoms with E-state index < -0.39 is 0 Å². The third-order valence-corrected chi connectivity index (χ3v) is 3.34. The molecule has 0 spiro atoms. The maximum Gasteiger partial charge on any atom is 0.129 e. The summed E-state index contributed by atoms with van der Waals surface area (Å²) >= 11 is 0. The SMILES string of the molecule is CCCc1nc(C)cc(-c2cccc(-c3ccn[nH]3)c2)n1. The zero-order valence-electron chi connectivity index (χ0n) is 12.3. The number of nitrogens with one attached hydrogen (secondary N) is 1. The molecule has 0 aliphatic rings. The monoisotopic (exact) mass is 278 g/mol. The van der Waals surface area contributed by atoms with Crippen molar-refractivity contribution in [1.29, 1.82) is 0 Å². The molecule has 106 valence electrons. The van der Waals surface area contributed by atoms with Crippen LogP contribution in [0.1, 0.15) is 24.9 Å². The Morgan fingerprint density at radius 2 is 1.90 bits per heavy atom. The minimum Gasteiger partial charge on any atom is -0.278 e. The Bertz CT molecular complexity index is 732. The van der Waals surface area contributed by atoms with Crippen LogP contribution in [0.2, 0.25) is 0 Å². The van der Waals surface area contributed by atoms with Crippen LogP contribution in [0.15, 0.2) is 42.6 Å². The van der Waals surface area contributed by atoms with Gasteiger partial charge in [-0.2, -0.15) is 5.10 Å². The number of nitrogens with zero attached hydrogens (tertiary/aromatic N) is 3. The molecule has 2 heterocycles. The first-order valence-electron chi connectivity index (χ1n) is 7.21. The van der Waals surface area contributed by atoms with Crippen LogP contribution in [0, 0.1) is 6.92 Å². The first-order chi connectivity index (χ1) is 10.3. The maximum atomic E-state index is 4.68. The molecular weight excluding hydrogens is 260 g/mol. The van der Waals surface area contributed by atoms with E-state index in [0.717, 1.165) is 46.9 Å². The number of rotatable bonds is 4. The molecule has 0 aliphatic heterocycles. The minimum atomic E-state index is 0.912. The lowest BCUT2D eigenvalue weighted by atomic mass is 10.1. The average Bonchev–Trinajstić information content (AvgIpc) is 3.01. The fourth-order valence-corrected chi connectivity index (χ4v) is 2.38. The molecule has 0 fully saturated rings. The molecular formula is C17H18N4. The summed E-state index contributed by atoms with van der Waals surface area (Å²) in [5.74, 6) is 0.916. The predicted molar refractivity (Wildman–Crippen MR) is 83.8 cm³/mol. The number of H-pyrrole nitrogens is 1. The number of hydrogen-bond donors (Lipinski definition) is 1. The van der Waals surface area contributed by atoms with Crippen molar-refractivity contribution in [1.82, 2.24) is 20.2 Å². The van der Waals surface area contributed by atoms with Gasteiger partial charge in [0, 0.05) is 29.4 Å². The van der Waals surface area contributed by atoms with E-state index in [1.165, 1.54) is 0 Å². The van der Waals surface area contributed by atoms with Crippen LogP contribution in [-0.2, 0) is 6.42 Å². The summed E-state index contributed by atoms with van der Waals surface area (Å²) in [4.78, 5) is 9.17. The summed E-state index contributed by atoms with van der Waals surface area (Å²) in [6, 6.07) is 12.3. The summed E-state index contributed by atoms with van der Waals surface area (Å²) in [5.41, 5.74) is 5.21. The first kappa shape index (κ1) is 13.5. The van der Waals surface area contributed by atoms with Crippen molar-refractivity contribution in [2.75, 3.05) is 0 Å². The Labute approximate surface area is 124 Å². The Kier molecular flexibility index (Phi) is 3.77. The lowest BCUT2D eigenvalue weighted by molar-refractivity contribution is 0.827. The zero-order valence-corrected chi connectivity index (χ0v) is 12.3. The average molecular weight is 278 g/mol. The topological polar surface area (TPSA) is 54.5 Å². The normalized spacial score (nSPS) is 10.8. The summed E-state index contributed by atoms with van der Waals surface area (Å²) in [5, 5.41) is 7.00. The molecule has 0 atom stereocenters. The second-order valence-corrected chi connectivity index (χ2v) is 5.11. The predicted octanol–water partition coefficient (Wildman–Crippen LogP) is 3.79. The van der Waals surface area contributed by atoms with Crippen molar-refractivity contribution < 1.29 is 0 Å². The highest BCUT2D eigenvalue weighted by molar-refractivity contribution is 5.69. The minimum absolute atomic E-state index is 0.912. The number of hydrogen-bond acceptors (Lipinski definition) is 3. The van der Waals surface area contributed by atoms with E-state index in [-0.39, 0.29) is 0 Å². The second kappa shape index (κ2) is 5.87. The van der Waals surface area contributed by atoms with Gasteiger partial charge in [-0.15, -0.1) is 0 Å². The van der Waals surface area contributed by atoms with Gasteiger partial charge in [0.25, 0.3) is 0 Å². The Balaban J connectivity index is 2.02. The quantitative estimate of drug-likeness (QED) is 0.790. The molecule has 1 N–H and O–H groups in total. The molecule has 4 nitrogen and oxygen atoms in total. The highest BCUT2D eigenvalue weighted by Gasteiger charge is 2.06. The highest BCUT2D eigenvalue weighted by atomic mass is 15.1. The van der Waals surface area contributed by atoms with Gasteiger partial charge in [-0.05, 0) is 31.5 Å². The van der Waals surface area contributed by atoms with Crippen molar-refractivity contribution in [2.45, 2.75) is 26.7 Å². The molecule has 1 aromatic carbocycles. The Morgan fingerprint density at radius 1 is 1.05 bits per heavy atom. The van der Waals surface area contributed by atoms with Crippen LogP contribution in [0.4, 0.5) is 0 Å². The van der Waals surface area contributed by atoms with E-state index in [1.807, 2.05) is 25.1 Å². The van der Waals surface area contributed by atoms with Gasteiger partial charge in [0.05, 0.1) is 11.4 Å². The molecule has 0 radical (unpaired) electrons. The van der Waals surface area contributed by atoms with Crippen LogP contribution in [0.25, 0.3) is 22.5 Å². The van der Waals surface area contributed by atoms with Crippen molar-refractivity contribution in [2.24, 2.45) is 0 Å². The highest BCUT2D eigenvalue weighted by Crippen LogP contribution is 2.24. The summed E-state index contributed by atoms with van der Waals surface area (Å²) in [6.07, 6.45) is 3.72. The van der Waals surface area contributed by atoms with Gasteiger partial charge in [-0.1, -0.05) is 25.1 Å². The molecule has 0 unspecified atom stereocenters. The standard InChI is InChI=1S/C17H18N4/c1-3-5-17-19-12(2)10-16(20-17)14-7-4-6-13(11-14)15-8-9-18-21-15/h4,6-11H,3,5H2,1-2H3,(H,18,21). The summed E-state index contributed by atoms with van der Waals surface area (Å²) in [6.45, 7) is 4.16. The number of aromatic amines is 1.